The van der Waals surface area contributed by atoms with Crippen LogP contribution in [-0.2, 0) is 9.59 Å². The first-order chi connectivity index (χ1) is 14.0. The molecule has 2 amide bonds. The number of carbonyl (C=O) groups excluding carboxylic acids is 3. The first-order valence-corrected chi connectivity index (χ1v) is 10.3. The van der Waals surface area contributed by atoms with Gasteiger partial charge in [-0.2, -0.15) is 0 Å². The minimum Gasteiger partial charge on any atom is -0.483 e. The topological polar surface area (TPSA) is 63.7 Å². The van der Waals surface area contributed by atoms with Crippen molar-refractivity contribution in [2.45, 2.75) is 32.3 Å². The molecule has 3 aliphatic rings. The summed E-state index contributed by atoms with van der Waals surface area (Å²) < 4.78 is 5.78. The van der Waals surface area contributed by atoms with E-state index in [1.54, 1.807) is 43.3 Å². The Balaban J connectivity index is 1.30. The predicted molar refractivity (Wildman–Crippen MR) is 108 cm³/mol. The Labute approximate surface area is 169 Å². The quantitative estimate of drug-likeness (QED) is 0.575. The lowest BCUT2D eigenvalue weighted by molar-refractivity contribution is -0.123. The highest BCUT2D eigenvalue weighted by Gasteiger charge is 2.61. The maximum Gasteiger partial charge on any atom is 0.237 e. The van der Waals surface area contributed by atoms with E-state index in [0.717, 1.165) is 19.3 Å². The summed E-state index contributed by atoms with van der Waals surface area (Å²) in [5.41, 5.74) is 1.19. The average Bonchev–Trinajstić information content (AvgIpc) is 3.43. The zero-order valence-corrected chi connectivity index (χ0v) is 16.3. The molecule has 2 aromatic carbocycles. The molecule has 0 N–H and O–H groups in total. The summed E-state index contributed by atoms with van der Waals surface area (Å²) in [5, 5.41) is 0. The van der Waals surface area contributed by atoms with Crippen molar-refractivity contribution in [1.82, 2.24) is 0 Å². The summed E-state index contributed by atoms with van der Waals surface area (Å²) >= 11 is 0. The van der Waals surface area contributed by atoms with E-state index in [0.29, 0.717) is 28.8 Å². The van der Waals surface area contributed by atoms with Crippen molar-refractivity contribution < 1.29 is 19.1 Å². The maximum absolute atomic E-state index is 12.9. The van der Waals surface area contributed by atoms with Crippen molar-refractivity contribution in [3.63, 3.8) is 0 Å². The molecule has 5 heteroatoms. The van der Waals surface area contributed by atoms with Crippen LogP contribution in [0, 0.1) is 23.7 Å². The Kier molecular flexibility index (Phi) is 4.26. The van der Waals surface area contributed by atoms with E-state index < -0.39 is 6.10 Å². The van der Waals surface area contributed by atoms with E-state index in [9.17, 15) is 14.4 Å². The molecule has 0 spiro atoms. The molecule has 0 aromatic heterocycles. The number of imide groups is 1. The normalized spacial score (nSPS) is 28.5. The minimum absolute atomic E-state index is 0.0477. The highest BCUT2D eigenvalue weighted by molar-refractivity contribution is 6.22. The van der Waals surface area contributed by atoms with Crippen LogP contribution in [0.4, 0.5) is 5.69 Å². The Morgan fingerprint density at radius 2 is 1.52 bits per heavy atom. The fraction of sp³-hybridized carbons (Fsp3) is 0.375. The summed E-state index contributed by atoms with van der Waals surface area (Å²) in [6, 6.07) is 15.9. The molecular formula is C24H23NO4. The number of benzene rings is 2. The second-order valence-electron chi connectivity index (χ2n) is 8.38. The third-order valence-electron chi connectivity index (χ3n) is 6.76. The highest BCUT2D eigenvalue weighted by Crippen LogP contribution is 2.56. The van der Waals surface area contributed by atoms with E-state index >= 15 is 0 Å². The number of rotatable bonds is 5. The third-order valence-corrected chi connectivity index (χ3v) is 6.76. The lowest BCUT2D eigenvalue weighted by Crippen LogP contribution is -2.32. The number of ether oxygens (including phenoxy) is 1. The molecule has 1 aliphatic heterocycles. The van der Waals surface area contributed by atoms with Crippen LogP contribution in [0.15, 0.2) is 54.6 Å². The first-order valence-electron chi connectivity index (χ1n) is 10.3. The van der Waals surface area contributed by atoms with Crippen molar-refractivity contribution >= 4 is 23.3 Å². The van der Waals surface area contributed by atoms with Crippen LogP contribution in [0.3, 0.4) is 0 Å². The molecule has 148 valence electrons. The Morgan fingerprint density at radius 1 is 0.931 bits per heavy atom. The van der Waals surface area contributed by atoms with Gasteiger partial charge in [0.1, 0.15) is 5.75 Å². The van der Waals surface area contributed by atoms with Gasteiger partial charge in [0.05, 0.1) is 17.5 Å². The molecule has 5 nitrogen and oxygen atoms in total. The fourth-order valence-electron chi connectivity index (χ4n) is 5.43. The molecule has 1 heterocycles. The number of hydrogen-bond donors (Lipinski definition) is 0. The van der Waals surface area contributed by atoms with Gasteiger partial charge in [0.25, 0.3) is 0 Å². The molecule has 2 aliphatic carbocycles. The summed E-state index contributed by atoms with van der Waals surface area (Å²) in [6.45, 7) is 1.72. The summed E-state index contributed by atoms with van der Waals surface area (Å²) in [4.78, 5) is 39.7. The first kappa shape index (κ1) is 18.1. The Hall–Kier alpha value is -2.95. The van der Waals surface area contributed by atoms with Crippen LogP contribution in [0.25, 0.3) is 0 Å². The van der Waals surface area contributed by atoms with Crippen molar-refractivity contribution in [2.75, 3.05) is 4.90 Å². The van der Waals surface area contributed by atoms with Crippen LogP contribution in [-0.4, -0.2) is 23.7 Å². The van der Waals surface area contributed by atoms with Gasteiger partial charge in [0.2, 0.25) is 17.6 Å². The fourth-order valence-corrected chi connectivity index (χ4v) is 5.43. The van der Waals surface area contributed by atoms with Crippen molar-refractivity contribution in [3.05, 3.63) is 60.2 Å². The summed E-state index contributed by atoms with van der Waals surface area (Å²) in [6.07, 6.45) is 2.53. The molecule has 5 atom stereocenters. The van der Waals surface area contributed by atoms with E-state index in [2.05, 4.69) is 0 Å². The molecule has 0 radical (unpaired) electrons. The minimum atomic E-state index is -0.631. The van der Waals surface area contributed by atoms with Crippen LogP contribution in [0.2, 0.25) is 0 Å². The molecule has 2 aromatic rings. The molecule has 2 saturated carbocycles. The maximum atomic E-state index is 12.9. The van der Waals surface area contributed by atoms with Gasteiger partial charge in [0, 0.05) is 5.56 Å². The van der Waals surface area contributed by atoms with Crippen LogP contribution < -0.4 is 9.64 Å². The molecule has 0 unspecified atom stereocenters. The van der Waals surface area contributed by atoms with Crippen molar-refractivity contribution in [1.29, 1.82) is 0 Å². The van der Waals surface area contributed by atoms with Gasteiger partial charge in [-0.3, -0.25) is 19.3 Å². The molecule has 1 saturated heterocycles. The molecular weight excluding hydrogens is 366 g/mol. The predicted octanol–water partition coefficient (Wildman–Crippen LogP) is 3.87. The Bertz CT molecular complexity index is 940. The second-order valence-corrected chi connectivity index (χ2v) is 8.38. The molecule has 2 bridgehead atoms. The number of ketones is 1. The number of fused-ring (bicyclic) bond motifs is 5. The van der Waals surface area contributed by atoms with Crippen LogP contribution in [0.5, 0.6) is 5.75 Å². The lowest BCUT2D eigenvalue weighted by Gasteiger charge is -2.19. The number of amides is 2. The standard InChI is InChI=1S/C24H23NO4/c1-14(22(26)15-5-3-2-4-6-15)29-19-11-9-18(10-12-19)25-23(27)20-16-7-8-17(13-16)21(20)24(25)28/h2-6,9-12,14,16-17,20-21H,7-8,13H2,1H3/t14-,16+,17+,20+,21+/m1/s1. The number of Topliss-reactive ketones (excluding diaryl/α,β-unsaturated/α-hetero) is 1. The van der Waals surface area contributed by atoms with Gasteiger partial charge in [-0.15, -0.1) is 0 Å². The zero-order chi connectivity index (χ0) is 20.1. The largest absolute Gasteiger partial charge is 0.483 e. The van der Waals surface area contributed by atoms with E-state index in [-0.39, 0.29) is 29.4 Å². The SMILES string of the molecule is C[C@@H](Oc1ccc(N2C(=O)[C@H]3[C@H]4CC[C@@H](C4)[C@@H]3C2=O)cc1)C(=O)c1ccccc1. The molecule has 29 heavy (non-hydrogen) atoms. The van der Waals surface area contributed by atoms with Gasteiger partial charge < -0.3 is 4.74 Å². The smallest absolute Gasteiger partial charge is 0.237 e. The second kappa shape index (κ2) is 6.83. The number of carbonyl (C=O) groups is 3. The van der Waals surface area contributed by atoms with Gasteiger partial charge in [-0.25, -0.2) is 0 Å². The van der Waals surface area contributed by atoms with Crippen molar-refractivity contribution in [3.8, 4) is 5.75 Å². The highest BCUT2D eigenvalue weighted by atomic mass is 16.5. The Morgan fingerprint density at radius 3 is 2.10 bits per heavy atom. The van der Waals surface area contributed by atoms with Crippen LogP contribution >= 0.6 is 0 Å². The number of nitrogens with zero attached hydrogens (tertiary/aromatic N) is 1. The van der Waals surface area contributed by atoms with Crippen molar-refractivity contribution in [2.24, 2.45) is 23.7 Å². The number of hydrogen-bond acceptors (Lipinski definition) is 4. The average molecular weight is 389 g/mol. The number of anilines is 1. The third kappa shape index (κ3) is 2.87. The van der Waals surface area contributed by atoms with Gasteiger partial charge in [-0.1, -0.05) is 30.3 Å². The van der Waals surface area contributed by atoms with Crippen LogP contribution in [0.1, 0.15) is 36.5 Å². The molecule has 5 rings (SSSR count). The summed E-state index contributed by atoms with van der Waals surface area (Å²) in [5.74, 6) is 0.842. The van der Waals surface area contributed by atoms with Gasteiger partial charge in [0.15, 0.2) is 6.10 Å². The van der Waals surface area contributed by atoms with Gasteiger partial charge >= 0.3 is 0 Å². The monoisotopic (exact) mass is 389 g/mol. The van der Waals surface area contributed by atoms with E-state index in [1.165, 1.54) is 4.90 Å². The van der Waals surface area contributed by atoms with Gasteiger partial charge in [-0.05, 0) is 62.3 Å². The zero-order valence-electron chi connectivity index (χ0n) is 16.3. The van der Waals surface area contributed by atoms with E-state index in [1.807, 2.05) is 18.2 Å². The lowest BCUT2D eigenvalue weighted by atomic mass is 9.81. The molecule has 3 fully saturated rings. The van der Waals surface area contributed by atoms with E-state index in [4.69, 9.17) is 4.74 Å². The summed E-state index contributed by atoms with van der Waals surface area (Å²) in [7, 11) is 0.